The van der Waals surface area contributed by atoms with Crippen LogP contribution in [0, 0.1) is 0 Å². The first-order valence-corrected chi connectivity index (χ1v) is 7.96. The van der Waals surface area contributed by atoms with Crippen LogP contribution >= 0.6 is 23.1 Å². The van der Waals surface area contributed by atoms with E-state index in [0.717, 1.165) is 41.8 Å². The van der Waals surface area contributed by atoms with Crippen LogP contribution in [-0.4, -0.2) is 39.7 Å². The van der Waals surface area contributed by atoms with Crippen molar-refractivity contribution in [3.05, 3.63) is 0 Å². The minimum atomic E-state index is -0.154. The van der Waals surface area contributed by atoms with Crippen molar-refractivity contribution in [2.75, 3.05) is 18.0 Å². The molecule has 4 nitrogen and oxygen atoms in total. The molecule has 2 aliphatic rings. The molecule has 94 valence electrons. The number of aliphatic hydroxyl groups excluding tert-OH is 1. The van der Waals surface area contributed by atoms with E-state index in [1.165, 1.54) is 12.8 Å². The topological polar surface area (TPSA) is 49.3 Å². The Bertz CT molecular complexity index is 379. The SMILES string of the molecule is OC1CCCC1Sc1nnc(N2CCCC2)s1. The van der Waals surface area contributed by atoms with Crippen molar-refractivity contribution in [2.24, 2.45) is 0 Å². The van der Waals surface area contributed by atoms with Crippen molar-refractivity contribution in [1.29, 1.82) is 0 Å². The van der Waals surface area contributed by atoms with Gasteiger partial charge in [-0.3, -0.25) is 0 Å². The largest absolute Gasteiger partial charge is 0.392 e. The quantitative estimate of drug-likeness (QED) is 0.913. The molecular weight excluding hydrogens is 254 g/mol. The van der Waals surface area contributed by atoms with Crippen LogP contribution in [0.1, 0.15) is 32.1 Å². The molecule has 0 bridgehead atoms. The summed E-state index contributed by atoms with van der Waals surface area (Å²) in [7, 11) is 0. The molecule has 1 saturated heterocycles. The monoisotopic (exact) mass is 271 g/mol. The zero-order valence-electron chi connectivity index (χ0n) is 9.71. The lowest BCUT2D eigenvalue weighted by atomic mass is 10.3. The molecule has 2 unspecified atom stereocenters. The van der Waals surface area contributed by atoms with Gasteiger partial charge in [0.1, 0.15) is 0 Å². The molecule has 1 N–H and O–H groups in total. The second-order valence-electron chi connectivity index (χ2n) is 4.70. The van der Waals surface area contributed by atoms with Crippen molar-refractivity contribution in [3.63, 3.8) is 0 Å². The Morgan fingerprint density at radius 1 is 1.18 bits per heavy atom. The van der Waals surface area contributed by atoms with Crippen molar-refractivity contribution in [2.45, 2.75) is 47.8 Å². The molecule has 2 heterocycles. The summed E-state index contributed by atoms with van der Waals surface area (Å²) < 4.78 is 1.01. The summed E-state index contributed by atoms with van der Waals surface area (Å²) in [6.07, 6.45) is 5.56. The van der Waals surface area contributed by atoms with Gasteiger partial charge in [-0.15, -0.1) is 10.2 Å². The molecule has 1 aliphatic heterocycles. The van der Waals surface area contributed by atoms with Crippen molar-refractivity contribution in [1.82, 2.24) is 10.2 Å². The Morgan fingerprint density at radius 2 is 2.00 bits per heavy atom. The number of hydrogen-bond acceptors (Lipinski definition) is 6. The summed E-state index contributed by atoms with van der Waals surface area (Å²) in [6, 6.07) is 0. The molecule has 2 atom stereocenters. The van der Waals surface area contributed by atoms with Gasteiger partial charge in [0, 0.05) is 18.3 Å². The minimum Gasteiger partial charge on any atom is -0.392 e. The molecule has 17 heavy (non-hydrogen) atoms. The third-order valence-corrected chi connectivity index (χ3v) is 5.90. The van der Waals surface area contributed by atoms with E-state index in [9.17, 15) is 5.11 Å². The van der Waals surface area contributed by atoms with E-state index in [-0.39, 0.29) is 6.10 Å². The van der Waals surface area contributed by atoms with Crippen LogP contribution in [-0.2, 0) is 0 Å². The fourth-order valence-electron chi connectivity index (χ4n) is 2.46. The summed E-state index contributed by atoms with van der Waals surface area (Å²) in [5.74, 6) is 0. The Morgan fingerprint density at radius 3 is 2.71 bits per heavy atom. The van der Waals surface area contributed by atoms with Crippen LogP contribution in [0.25, 0.3) is 0 Å². The molecule has 0 aromatic carbocycles. The van der Waals surface area contributed by atoms with Gasteiger partial charge in [0.25, 0.3) is 0 Å². The van der Waals surface area contributed by atoms with Crippen LogP contribution < -0.4 is 4.90 Å². The normalized spacial score (nSPS) is 29.1. The summed E-state index contributed by atoms with van der Waals surface area (Å²) in [6.45, 7) is 2.23. The van der Waals surface area contributed by atoms with Gasteiger partial charge in [0.2, 0.25) is 5.13 Å². The van der Waals surface area contributed by atoms with Gasteiger partial charge in [-0.05, 0) is 32.1 Å². The Hall–Kier alpha value is -0.330. The van der Waals surface area contributed by atoms with Crippen molar-refractivity contribution in [3.8, 4) is 0 Å². The molecule has 0 amide bonds. The summed E-state index contributed by atoms with van der Waals surface area (Å²) >= 11 is 3.38. The number of anilines is 1. The van der Waals surface area contributed by atoms with Gasteiger partial charge in [-0.1, -0.05) is 23.1 Å². The van der Waals surface area contributed by atoms with E-state index in [1.807, 2.05) is 0 Å². The van der Waals surface area contributed by atoms with Crippen LogP contribution in [0.4, 0.5) is 5.13 Å². The maximum atomic E-state index is 9.79. The third kappa shape index (κ3) is 2.58. The molecular formula is C11H17N3OS2. The highest BCUT2D eigenvalue weighted by Crippen LogP contribution is 2.38. The summed E-state index contributed by atoms with van der Waals surface area (Å²) in [5.41, 5.74) is 0. The van der Waals surface area contributed by atoms with Crippen LogP contribution in [0.15, 0.2) is 4.34 Å². The summed E-state index contributed by atoms with van der Waals surface area (Å²) in [5, 5.41) is 19.7. The van der Waals surface area contributed by atoms with E-state index in [4.69, 9.17) is 0 Å². The number of thioether (sulfide) groups is 1. The Balaban J connectivity index is 1.63. The van der Waals surface area contributed by atoms with Gasteiger partial charge in [-0.2, -0.15) is 0 Å². The first-order chi connectivity index (χ1) is 8.33. The zero-order chi connectivity index (χ0) is 11.7. The molecule has 1 saturated carbocycles. The number of rotatable bonds is 3. The lowest BCUT2D eigenvalue weighted by Gasteiger charge is -2.12. The number of nitrogens with zero attached hydrogens (tertiary/aromatic N) is 3. The molecule has 6 heteroatoms. The Kier molecular flexibility index (Phi) is 3.54. The van der Waals surface area contributed by atoms with Crippen molar-refractivity contribution >= 4 is 28.2 Å². The number of hydrogen-bond donors (Lipinski definition) is 1. The lowest BCUT2D eigenvalue weighted by Crippen LogP contribution is -2.17. The Labute approximate surface area is 109 Å². The lowest BCUT2D eigenvalue weighted by molar-refractivity contribution is 0.188. The first-order valence-electron chi connectivity index (χ1n) is 6.26. The predicted molar refractivity (Wildman–Crippen MR) is 70.9 cm³/mol. The highest BCUT2D eigenvalue weighted by atomic mass is 32.2. The molecule has 1 aromatic rings. The molecule has 1 aliphatic carbocycles. The van der Waals surface area contributed by atoms with Crippen molar-refractivity contribution < 1.29 is 5.11 Å². The summed E-state index contributed by atoms with van der Waals surface area (Å²) in [4.78, 5) is 2.31. The molecule has 3 rings (SSSR count). The van der Waals surface area contributed by atoms with Gasteiger partial charge < -0.3 is 10.0 Å². The van der Waals surface area contributed by atoms with Gasteiger partial charge in [-0.25, -0.2) is 0 Å². The molecule has 0 radical (unpaired) electrons. The second-order valence-corrected chi connectivity index (χ2v) is 7.14. The van der Waals surface area contributed by atoms with Gasteiger partial charge in [0.05, 0.1) is 6.10 Å². The maximum Gasteiger partial charge on any atom is 0.209 e. The first kappa shape index (κ1) is 11.7. The van der Waals surface area contributed by atoms with E-state index >= 15 is 0 Å². The fraction of sp³-hybridized carbons (Fsp3) is 0.818. The van der Waals surface area contributed by atoms with Crippen LogP contribution in [0.2, 0.25) is 0 Å². The van der Waals surface area contributed by atoms with E-state index in [2.05, 4.69) is 15.1 Å². The van der Waals surface area contributed by atoms with E-state index < -0.39 is 0 Å². The van der Waals surface area contributed by atoms with Gasteiger partial charge in [0.15, 0.2) is 4.34 Å². The molecule has 0 spiro atoms. The third-order valence-electron chi connectivity index (χ3n) is 3.44. The highest BCUT2D eigenvalue weighted by molar-refractivity contribution is 8.01. The average molecular weight is 271 g/mol. The van der Waals surface area contributed by atoms with E-state index in [0.29, 0.717) is 5.25 Å². The molecule has 2 fully saturated rings. The minimum absolute atomic E-state index is 0.154. The fourth-order valence-corrected chi connectivity index (χ4v) is 4.80. The standard InChI is InChI=1S/C11H17N3OS2/c15-8-4-3-5-9(8)16-11-13-12-10(17-11)14-6-1-2-7-14/h8-9,15H,1-7H2. The highest BCUT2D eigenvalue weighted by Gasteiger charge is 2.27. The van der Waals surface area contributed by atoms with Crippen LogP contribution in [0.3, 0.4) is 0 Å². The smallest absolute Gasteiger partial charge is 0.209 e. The van der Waals surface area contributed by atoms with Gasteiger partial charge >= 0.3 is 0 Å². The van der Waals surface area contributed by atoms with Crippen LogP contribution in [0.5, 0.6) is 0 Å². The average Bonchev–Trinajstić information content (AvgIpc) is 3.02. The maximum absolute atomic E-state index is 9.79. The van der Waals surface area contributed by atoms with E-state index in [1.54, 1.807) is 23.1 Å². The number of aliphatic hydroxyl groups is 1. The zero-order valence-corrected chi connectivity index (χ0v) is 11.3. The predicted octanol–water partition coefficient (Wildman–Crippen LogP) is 2.14. The number of aromatic nitrogens is 2. The second kappa shape index (κ2) is 5.12. The molecule has 1 aromatic heterocycles.